The number of tetrazole rings is 1. The Morgan fingerprint density at radius 2 is 1.77 bits per heavy atom. The standard InChI is InChI=1S/C19H21N5O2/c1-19(2,3)24-22-17(21-23-24)13-26-16-12-8-7-11-15(16)18(25)20-14-9-5-4-6-10-14/h4-12H,13H2,1-3H3,(H,20,25). The van der Waals surface area contributed by atoms with Gasteiger partial charge in [-0.2, -0.15) is 4.80 Å². The minimum Gasteiger partial charge on any atom is -0.485 e. The summed E-state index contributed by atoms with van der Waals surface area (Å²) in [6.45, 7) is 6.10. The monoisotopic (exact) mass is 351 g/mol. The number of carbonyl (C=O) groups excluding carboxylic acids is 1. The van der Waals surface area contributed by atoms with Gasteiger partial charge in [0.25, 0.3) is 5.91 Å². The summed E-state index contributed by atoms with van der Waals surface area (Å²) < 4.78 is 5.77. The third-order valence-electron chi connectivity index (χ3n) is 3.58. The van der Waals surface area contributed by atoms with Crippen LogP contribution in [-0.2, 0) is 12.1 Å². The van der Waals surface area contributed by atoms with E-state index in [1.54, 1.807) is 23.0 Å². The number of carbonyl (C=O) groups is 1. The summed E-state index contributed by atoms with van der Waals surface area (Å²) >= 11 is 0. The fraction of sp³-hybridized carbons (Fsp3) is 0.263. The Labute approximate surface area is 152 Å². The van der Waals surface area contributed by atoms with Crippen molar-refractivity contribution in [3.05, 3.63) is 66.0 Å². The molecule has 0 radical (unpaired) electrons. The molecule has 7 nitrogen and oxygen atoms in total. The van der Waals surface area contributed by atoms with Gasteiger partial charge < -0.3 is 10.1 Å². The molecule has 0 unspecified atom stereocenters. The van der Waals surface area contributed by atoms with E-state index in [2.05, 4.69) is 20.7 Å². The van der Waals surface area contributed by atoms with Gasteiger partial charge in [0.15, 0.2) is 6.61 Å². The van der Waals surface area contributed by atoms with Crippen LogP contribution in [0.2, 0.25) is 0 Å². The van der Waals surface area contributed by atoms with E-state index in [-0.39, 0.29) is 18.1 Å². The van der Waals surface area contributed by atoms with Crippen LogP contribution in [0.1, 0.15) is 37.0 Å². The minimum atomic E-state index is -0.251. The zero-order chi connectivity index (χ0) is 18.6. The number of hydrogen-bond donors (Lipinski definition) is 1. The first kappa shape index (κ1) is 17.6. The van der Waals surface area contributed by atoms with Gasteiger partial charge in [0.05, 0.1) is 11.1 Å². The number of benzene rings is 2. The molecule has 1 heterocycles. The molecule has 0 spiro atoms. The number of anilines is 1. The SMILES string of the molecule is CC(C)(C)n1nnc(COc2ccccc2C(=O)Nc2ccccc2)n1. The minimum absolute atomic E-state index is 0.131. The van der Waals surface area contributed by atoms with E-state index in [1.807, 2.05) is 57.2 Å². The van der Waals surface area contributed by atoms with E-state index in [0.29, 0.717) is 17.1 Å². The first-order valence-corrected chi connectivity index (χ1v) is 8.31. The van der Waals surface area contributed by atoms with Gasteiger partial charge in [-0.3, -0.25) is 4.79 Å². The second-order valence-corrected chi connectivity index (χ2v) is 6.77. The normalized spacial score (nSPS) is 11.2. The molecule has 26 heavy (non-hydrogen) atoms. The quantitative estimate of drug-likeness (QED) is 0.763. The molecule has 0 atom stereocenters. The summed E-state index contributed by atoms with van der Waals surface area (Å²) in [5, 5.41) is 15.2. The molecule has 0 saturated heterocycles. The fourth-order valence-electron chi connectivity index (χ4n) is 2.23. The lowest BCUT2D eigenvalue weighted by Gasteiger charge is -2.15. The molecule has 3 rings (SSSR count). The smallest absolute Gasteiger partial charge is 0.259 e. The number of amides is 1. The highest BCUT2D eigenvalue weighted by atomic mass is 16.5. The predicted octanol–water partition coefficient (Wildman–Crippen LogP) is 3.26. The maximum Gasteiger partial charge on any atom is 0.259 e. The third-order valence-corrected chi connectivity index (χ3v) is 3.58. The van der Waals surface area contributed by atoms with Crippen molar-refractivity contribution in [2.45, 2.75) is 32.9 Å². The van der Waals surface area contributed by atoms with Crippen molar-refractivity contribution in [2.24, 2.45) is 0 Å². The molecule has 0 bridgehead atoms. The highest BCUT2D eigenvalue weighted by molar-refractivity contribution is 6.06. The van der Waals surface area contributed by atoms with Gasteiger partial charge in [0.1, 0.15) is 5.75 Å². The molecule has 1 N–H and O–H groups in total. The van der Waals surface area contributed by atoms with Gasteiger partial charge in [0, 0.05) is 5.69 Å². The lowest BCUT2D eigenvalue weighted by molar-refractivity contribution is 0.102. The van der Waals surface area contributed by atoms with E-state index in [1.165, 1.54) is 0 Å². The van der Waals surface area contributed by atoms with Crippen LogP contribution >= 0.6 is 0 Å². The van der Waals surface area contributed by atoms with Gasteiger partial charge in [0.2, 0.25) is 5.82 Å². The average Bonchev–Trinajstić information content (AvgIpc) is 3.10. The highest BCUT2D eigenvalue weighted by Crippen LogP contribution is 2.20. The molecule has 0 fully saturated rings. The lowest BCUT2D eigenvalue weighted by atomic mass is 10.1. The topological polar surface area (TPSA) is 81.9 Å². The Morgan fingerprint density at radius 3 is 2.46 bits per heavy atom. The number of hydrogen-bond acceptors (Lipinski definition) is 5. The van der Waals surface area contributed by atoms with Crippen LogP contribution in [0.3, 0.4) is 0 Å². The van der Waals surface area contributed by atoms with Crippen LogP contribution in [0.15, 0.2) is 54.6 Å². The number of nitrogens with zero attached hydrogens (tertiary/aromatic N) is 4. The first-order valence-electron chi connectivity index (χ1n) is 8.31. The lowest BCUT2D eigenvalue weighted by Crippen LogP contribution is -2.24. The van der Waals surface area contributed by atoms with E-state index < -0.39 is 0 Å². The van der Waals surface area contributed by atoms with Crippen molar-refractivity contribution in [3.8, 4) is 5.75 Å². The number of rotatable bonds is 5. The van der Waals surface area contributed by atoms with Crippen LogP contribution in [0.4, 0.5) is 5.69 Å². The van der Waals surface area contributed by atoms with Gasteiger partial charge in [-0.15, -0.1) is 10.2 Å². The van der Waals surface area contributed by atoms with Crippen LogP contribution in [0, 0.1) is 0 Å². The third kappa shape index (κ3) is 4.24. The Bertz CT molecular complexity index is 884. The van der Waals surface area contributed by atoms with E-state index in [0.717, 1.165) is 5.69 Å². The second kappa shape index (κ2) is 7.35. The summed E-state index contributed by atoms with van der Waals surface area (Å²) in [7, 11) is 0. The molecule has 134 valence electrons. The van der Waals surface area contributed by atoms with Crippen molar-refractivity contribution in [1.29, 1.82) is 0 Å². The summed E-state index contributed by atoms with van der Waals surface area (Å²) in [4.78, 5) is 14.1. The van der Waals surface area contributed by atoms with Gasteiger partial charge >= 0.3 is 0 Å². The second-order valence-electron chi connectivity index (χ2n) is 6.77. The summed E-state index contributed by atoms with van der Waals surface area (Å²) in [6, 6.07) is 16.3. The molecule has 1 amide bonds. The first-order chi connectivity index (χ1) is 12.4. The average molecular weight is 351 g/mol. The Kier molecular flexibility index (Phi) is 4.97. The number of para-hydroxylation sites is 2. The van der Waals surface area contributed by atoms with Crippen LogP contribution < -0.4 is 10.1 Å². The Balaban J connectivity index is 1.71. The summed E-state index contributed by atoms with van der Waals surface area (Å²) in [6.07, 6.45) is 0. The number of nitrogens with one attached hydrogen (secondary N) is 1. The summed E-state index contributed by atoms with van der Waals surface area (Å²) in [5.41, 5.74) is 0.917. The van der Waals surface area contributed by atoms with Crippen LogP contribution in [-0.4, -0.2) is 26.1 Å². The van der Waals surface area contributed by atoms with E-state index in [4.69, 9.17) is 4.74 Å². The molecule has 1 aromatic heterocycles. The molecular weight excluding hydrogens is 330 g/mol. The van der Waals surface area contributed by atoms with Crippen LogP contribution in [0.25, 0.3) is 0 Å². The zero-order valence-electron chi connectivity index (χ0n) is 15.0. The van der Waals surface area contributed by atoms with Gasteiger partial charge in [-0.05, 0) is 50.3 Å². The van der Waals surface area contributed by atoms with Crippen molar-refractivity contribution in [1.82, 2.24) is 20.2 Å². The van der Waals surface area contributed by atoms with Crippen LogP contribution in [0.5, 0.6) is 5.75 Å². The number of aromatic nitrogens is 4. The molecular formula is C19H21N5O2. The van der Waals surface area contributed by atoms with E-state index >= 15 is 0 Å². The Hall–Kier alpha value is -3.22. The van der Waals surface area contributed by atoms with Crippen molar-refractivity contribution >= 4 is 11.6 Å². The molecule has 0 aliphatic rings. The maximum absolute atomic E-state index is 12.5. The zero-order valence-corrected chi connectivity index (χ0v) is 15.0. The fourth-order valence-corrected chi connectivity index (χ4v) is 2.23. The van der Waals surface area contributed by atoms with Gasteiger partial charge in [-0.1, -0.05) is 30.3 Å². The molecule has 7 heteroatoms. The maximum atomic E-state index is 12.5. The molecule has 3 aromatic rings. The number of ether oxygens (including phenoxy) is 1. The molecule has 2 aromatic carbocycles. The Morgan fingerprint density at radius 1 is 1.08 bits per heavy atom. The molecule has 0 saturated carbocycles. The van der Waals surface area contributed by atoms with E-state index in [9.17, 15) is 4.79 Å². The van der Waals surface area contributed by atoms with Crippen molar-refractivity contribution in [3.63, 3.8) is 0 Å². The largest absolute Gasteiger partial charge is 0.485 e. The molecule has 0 aliphatic heterocycles. The van der Waals surface area contributed by atoms with Gasteiger partial charge in [-0.25, -0.2) is 0 Å². The van der Waals surface area contributed by atoms with Crippen molar-refractivity contribution in [2.75, 3.05) is 5.32 Å². The summed E-state index contributed by atoms with van der Waals surface area (Å²) in [5.74, 6) is 0.685. The predicted molar refractivity (Wildman–Crippen MR) is 98.0 cm³/mol. The highest BCUT2D eigenvalue weighted by Gasteiger charge is 2.18. The molecule has 0 aliphatic carbocycles. The van der Waals surface area contributed by atoms with Crippen molar-refractivity contribution < 1.29 is 9.53 Å².